The maximum Gasteiger partial charge on any atom is 0.363 e. The molecule has 3 heterocycles. The van der Waals surface area contributed by atoms with Crippen molar-refractivity contribution < 1.29 is 4.79 Å². The first-order chi connectivity index (χ1) is 16.0. The van der Waals surface area contributed by atoms with Crippen LogP contribution >= 0.6 is 0 Å². The summed E-state index contributed by atoms with van der Waals surface area (Å²) in [6, 6.07) is 9.88. The van der Waals surface area contributed by atoms with Crippen molar-refractivity contribution in [2.75, 3.05) is 24.5 Å². The molecule has 0 atom stereocenters. The zero-order chi connectivity index (χ0) is 23.4. The Kier molecular flexibility index (Phi) is 6.73. The number of para-hydroxylation sites is 1. The topological polar surface area (TPSA) is 94.1 Å². The van der Waals surface area contributed by atoms with Gasteiger partial charge in [-0.25, -0.2) is 9.78 Å². The first kappa shape index (κ1) is 22.9. The van der Waals surface area contributed by atoms with E-state index in [0.29, 0.717) is 26.1 Å². The number of carbonyl (C=O) groups excluding carboxylic acids is 1. The third kappa shape index (κ3) is 4.35. The highest BCUT2D eigenvalue weighted by molar-refractivity contribution is 5.94. The van der Waals surface area contributed by atoms with E-state index < -0.39 is 5.54 Å². The summed E-state index contributed by atoms with van der Waals surface area (Å²) in [6.07, 6.45) is 5.64. The predicted molar refractivity (Wildman–Crippen MR) is 125 cm³/mol. The number of piperidine rings is 1. The third-order valence-corrected chi connectivity index (χ3v) is 6.54. The summed E-state index contributed by atoms with van der Waals surface area (Å²) < 4.78 is 4.80. The molecule has 10 heteroatoms. The molecule has 1 aliphatic rings. The molecule has 0 aliphatic carbocycles. The Morgan fingerprint density at radius 3 is 2.33 bits per heavy atom. The molecule has 10 nitrogen and oxygen atoms in total. The predicted octanol–water partition coefficient (Wildman–Crippen LogP) is 1.63. The summed E-state index contributed by atoms with van der Waals surface area (Å²) in [5.41, 5.74) is 0.176. The quantitative estimate of drug-likeness (QED) is 0.516. The highest BCUT2D eigenvalue weighted by atomic mass is 16.2. The molecule has 0 unspecified atom stereocenters. The number of anilines is 1. The summed E-state index contributed by atoms with van der Waals surface area (Å²) in [7, 11) is 1.99. The Morgan fingerprint density at radius 1 is 1.06 bits per heavy atom. The highest BCUT2D eigenvalue weighted by Crippen LogP contribution is 2.41. The van der Waals surface area contributed by atoms with E-state index in [0.717, 1.165) is 37.4 Å². The molecular formula is C23H32N8O2. The van der Waals surface area contributed by atoms with Crippen LogP contribution in [0.4, 0.5) is 5.69 Å². The summed E-state index contributed by atoms with van der Waals surface area (Å²) in [5.74, 6) is 0.982. The van der Waals surface area contributed by atoms with Crippen LogP contribution in [0.3, 0.4) is 0 Å². The molecule has 0 saturated carbocycles. The molecule has 1 fully saturated rings. The zero-order valence-corrected chi connectivity index (χ0v) is 19.6. The largest absolute Gasteiger partial charge is 0.363 e. The minimum Gasteiger partial charge on any atom is -0.336 e. The first-order valence-electron chi connectivity index (χ1n) is 11.6. The van der Waals surface area contributed by atoms with Gasteiger partial charge in [-0.05, 0) is 42.3 Å². The van der Waals surface area contributed by atoms with Crippen LogP contribution in [-0.4, -0.2) is 59.8 Å². The molecule has 2 aromatic heterocycles. The highest BCUT2D eigenvalue weighted by Gasteiger charge is 2.46. The van der Waals surface area contributed by atoms with Gasteiger partial charge in [0.05, 0.1) is 6.54 Å². The van der Waals surface area contributed by atoms with Crippen molar-refractivity contribution in [3.63, 3.8) is 0 Å². The molecule has 0 bridgehead atoms. The fourth-order valence-electron chi connectivity index (χ4n) is 4.75. The van der Waals surface area contributed by atoms with Gasteiger partial charge in [0.15, 0.2) is 0 Å². The van der Waals surface area contributed by atoms with Crippen LogP contribution in [-0.2, 0) is 30.5 Å². The number of aryl methyl sites for hydroxylation is 2. The summed E-state index contributed by atoms with van der Waals surface area (Å²) in [4.78, 5) is 34.5. The van der Waals surface area contributed by atoms with E-state index in [9.17, 15) is 9.59 Å². The van der Waals surface area contributed by atoms with E-state index in [1.165, 1.54) is 9.36 Å². The maximum absolute atomic E-state index is 13.3. The summed E-state index contributed by atoms with van der Waals surface area (Å²) in [5, 5.41) is 7.87. The second kappa shape index (κ2) is 9.70. The maximum atomic E-state index is 13.3. The van der Waals surface area contributed by atoms with Gasteiger partial charge in [0, 0.05) is 57.7 Å². The number of likely N-dealkylation sites (tertiary alicyclic amines) is 1. The number of amides is 1. The van der Waals surface area contributed by atoms with E-state index in [-0.39, 0.29) is 11.6 Å². The van der Waals surface area contributed by atoms with Crippen LogP contribution < -0.4 is 10.6 Å². The monoisotopic (exact) mass is 452 g/mol. The van der Waals surface area contributed by atoms with Gasteiger partial charge in [0.2, 0.25) is 5.91 Å². The lowest BCUT2D eigenvalue weighted by Gasteiger charge is -2.48. The van der Waals surface area contributed by atoms with Gasteiger partial charge in [-0.1, -0.05) is 25.1 Å². The van der Waals surface area contributed by atoms with Gasteiger partial charge in [0.25, 0.3) is 0 Å². The number of nitrogens with zero attached hydrogens (tertiary/aromatic N) is 8. The average Bonchev–Trinajstić information content (AvgIpc) is 3.44. The summed E-state index contributed by atoms with van der Waals surface area (Å²) >= 11 is 0. The number of benzene rings is 1. The van der Waals surface area contributed by atoms with Gasteiger partial charge in [-0.15, -0.1) is 0 Å². The third-order valence-electron chi connectivity index (χ3n) is 6.54. The number of aromatic nitrogens is 6. The number of carbonyl (C=O) groups is 1. The van der Waals surface area contributed by atoms with Crippen molar-refractivity contribution in [1.82, 2.24) is 34.2 Å². The molecule has 0 N–H and O–H groups in total. The molecule has 3 aromatic rings. The van der Waals surface area contributed by atoms with Crippen molar-refractivity contribution in [2.45, 2.75) is 51.7 Å². The lowest BCUT2D eigenvalue weighted by Crippen LogP contribution is -2.57. The molecule has 33 heavy (non-hydrogen) atoms. The number of hydrogen-bond donors (Lipinski definition) is 0. The number of imidazole rings is 1. The lowest BCUT2D eigenvalue weighted by molar-refractivity contribution is -0.120. The van der Waals surface area contributed by atoms with Crippen molar-refractivity contribution in [2.24, 2.45) is 7.05 Å². The Hall–Kier alpha value is -3.27. The van der Waals surface area contributed by atoms with Crippen LogP contribution in [0.25, 0.3) is 0 Å². The van der Waals surface area contributed by atoms with Crippen LogP contribution in [0, 0.1) is 0 Å². The number of hydrogen-bond acceptors (Lipinski definition) is 6. The van der Waals surface area contributed by atoms with E-state index in [2.05, 4.69) is 15.3 Å². The Bertz CT molecular complexity index is 1120. The first-order valence-corrected chi connectivity index (χ1v) is 11.6. The SMILES string of the molecule is CCC(=O)N(c1ccccc1)C1(c2nccn2C)CCN(CCn2nnn(CC)c2=O)CC1. The van der Waals surface area contributed by atoms with Gasteiger partial charge in [-0.3, -0.25) is 9.69 Å². The van der Waals surface area contributed by atoms with Gasteiger partial charge in [-0.2, -0.15) is 9.36 Å². The smallest absolute Gasteiger partial charge is 0.336 e. The standard InChI is InChI=1S/C23H32N8O2/c1-4-20(32)31(19-9-7-6-8-10-19)23(21-24-13-16-27(21)3)11-14-28(15-12-23)17-18-30-22(33)29(5-2)25-26-30/h6-10,13,16H,4-5,11-12,14-15,17-18H2,1-3H3. The Labute approximate surface area is 193 Å². The van der Waals surface area contributed by atoms with E-state index in [4.69, 9.17) is 4.98 Å². The molecule has 0 spiro atoms. The minimum atomic E-state index is -0.536. The normalized spacial score (nSPS) is 16.1. The van der Waals surface area contributed by atoms with Crippen LogP contribution in [0.5, 0.6) is 0 Å². The van der Waals surface area contributed by atoms with Crippen LogP contribution in [0.1, 0.15) is 38.9 Å². The second-order valence-electron chi connectivity index (χ2n) is 8.45. The van der Waals surface area contributed by atoms with Crippen molar-refractivity contribution in [1.29, 1.82) is 0 Å². The van der Waals surface area contributed by atoms with E-state index in [1.54, 1.807) is 6.20 Å². The Balaban J connectivity index is 1.59. The molecule has 4 rings (SSSR count). The van der Waals surface area contributed by atoms with Crippen molar-refractivity contribution in [3.05, 3.63) is 59.0 Å². The van der Waals surface area contributed by atoms with E-state index in [1.807, 2.05) is 66.9 Å². The molecule has 0 radical (unpaired) electrons. The number of rotatable bonds is 8. The van der Waals surface area contributed by atoms with Crippen molar-refractivity contribution in [3.8, 4) is 0 Å². The molecule has 176 valence electrons. The minimum absolute atomic E-state index is 0.0837. The molecule has 1 aromatic carbocycles. The number of tetrazole rings is 1. The zero-order valence-electron chi connectivity index (χ0n) is 19.6. The van der Waals surface area contributed by atoms with Gasteiger partial charge < -0.3 is 9.47 Å². The van der Waals surface area contributed by atoms with Gasteiger partial charge >= 0.3 is 5.69 Å². The molecule has 1 saturated heterocycles. The average molecular weight is 453 g/mol. The molecule has 1 amide bonds. The fourth-order valence-corrected chi connectivity index (χ4v) is 4.75. The molecular weight excluding hydrogens is 420 g/mol. The lowest BCUT2D eigenvalue weighted by atomic mass is 9.83. The summed E-state index contributed by atoms with van der Waals surface area (Å²) in [6.45, 7) is 7.04. The molecule has 1 aliphatic heterocycles. The second-order valence-corrected chi connectivity index (χ2v) is 8.45. The van der Waals surface area contributed by atoms with Crippen LogP contribution in [0.15, 0.2) is 47.5 Å². The fraction of sp³-hybridized carbons (Fsp3) is 0.522. The van der Waals surface area contributed by atoms with Gasteiger partial charge in [0.1, 0.15) is 11.4 Å². The Morgan fingerprint density at radius 2 is 1.76 bits per heavy atom. The van der Waals surface area contributed by atoms with E-state index >= 15 is 0 Å². The van der Waals surface area contributed by atoms with Crippen molar-refractivity contribution >= 4 is 11.6 Å². The van der Waals surface area contributed by atoms with Crippen LogP contribution in [0.2, 0.25) is 0 Å².